The third-order valence-corrected chi connectivity index (χ3v) is 6.42. The first kappa shape index (κ1) is 29.6. The van der Waals surface area contributed by atoms with Gasteiger partial charge in [-0.2, -0.15) is 18.2 Å². The summed E-state index contributed by atoms with van der Waals surface area (Å²) in [6, 6.07) is 8.98. The number of halogens is 3. The number of aromatic nitrogens is 3. The molecule has 0 spiro atoms. The van der Waals surface area contributed by atoms with Gasteiger partial charge in [0.1, 0.15) is 17.3 Å². The van der Waals surface area contributed by atoms with Crippen LogP contribution >= 0.6 is 0 Å². The van der Waals surface area contributed by atoms with E-state index in [2.05, 4.69) is 36.3 Å². The minimum atomic E-state index is -5.31. The van der Waals surface area contributed by atoms with Crippen LogP contribution in [0.3, 0.4) is 0 Å². The second-order valence-corrected chi connectivity index (χ2v) is 9.37. The predicted octanol–water partition coefficient (Wildman–Crippen LogP) is 4.30. The quantitative estimate of drug-likeness (QED) is 0.258. The molecule has 11 nitrogen and oxygen atoms in total. The number of methoxy groups -OCH3 is 2. The average molecular weight is 579 g/mol. The van der Waals surface area contributed by atoms with E-state index in [1.54, 1.807) is 18.2 Å². The number of carbonyl (C=O) groups excluding carboxylic acids is 2. The smallest absolute Gasteiger partial charge is 0.495 e. The molecule has 1 unspecified atom stereocenters. The second kappa shape index (κ2) is 13.3. The molecule has 0 radical (unpaired) electrons. The molecule has 0 aliphatic carbocycles. The lowest BCUT2D eigenvalue weighted by molar-refractivity contribution is -0.286. The van der Waals surface area contributed by atoms with Crippen LogP contribution in [0.4, 0.5) is 19.0 Å². The van der Waals surface area contributed by atoms with Gasteiger partial charge in [-0.3, -0.25) is 0 Å². The molecule has 0 amide bonds. The maximum atomic E-state index is 12.4. The summed E-state index contributed by atoms with van der Waals surface area (Å²) in [4.78, 5) is 40.1. The van der Waals surface area contributed by atoms with Crippen LogP contribution in [0.5, 0.6) is 11.5 Å². The fourth-order valence-corrected chi connectivity index (χ4v) is 4.36. The summed E-state index contributed by atoms with van der Waals surface area (Å²) in [6.07, 6.45) is -1.70. The lowest BCUT2D eigenvalue weighted by Crippen LogP contribution is -2.27. The molecule has 3 aromatic rings. The van der Waals surface area contributed by atoms with Gasteiger partial charge in [-0.05, 0) is 55.0 Å². The summed E-state index contributed by atoms with van der Waals surface area (Å²) in [7, 11) is 2.89. The number of carbonyl (C=O) groups is 2. The Labute approximate surface area is 233 Å². The molecule has 1 aliphatic rings. The van der Waals surface area contributed by atoms with E-state index in [1.807, 2.05) is 6.07 Å². The first-order chi connectivity index (χ1) is 19.6. The number of pyridine rings is 1. The van der Waals surface area contributed by atoms with Crippen molar-refractivity contribution in [2.24, 2.45) is 0 Å². The first-order valence-electron chi connectivity index (χ1n) is 12.9. The van der Waals surface area contributed by atoms with E-state index in [4.69, 9.17) is 14.0 Å². The van der Waals surface area contributed by atoms with Crippen LogP contribution in [0.25, 0.3) is 0 Å². The highest BCUT2D eigenvalue weighted by Gasteiger charge is 2.43. The fourth-order valence-electron chi connectivity index (χ4n) is 4.36. The predicted molar refractivity (Wildman–Crippen MR) is 136 cm³/mol. The van der Waals surface area contributed by atoms with Crippen LogP contribution in [0.15, 0.2) is 34.9 Å². The SMILES string of the molecule is COc1cc(OC)cc(C(CC(=O)OOC(=O)C(F)(F)F)Cc2nc(CCCc3ccc4c(n3)NCCC4)no2)c1. The molecule has 4 rings (SSSR count). The fraction of sp³-hybridized carbons (Fsp3) is 0.444. The number of hydrogen-bond donors (Lipinski definition) is 1. The molecule has 1 atom stereocenters. The third-order valence-electron chi connectivity index (χ3n) is 6.42. The van der Waals surface area contributed by atoms with Gasteiger partial charge in [0.05, 0.1) is 20.6 Å². The van der Waals surface area contributed by atoms with Crippen LogP contribution in [-0.2, 0) is 45.0 Å². The number of nitrogens with zero attached hydrogens (tertiary/aromatic N) is 3. The molecule has 1 N–H and O–H groups in total. The number of anilines is 1. The summed E-state index contributed by atoms with van der Waals surface area (Å²) in [5.41, 5.74) is 2.69. The van der Waals surface area contributed by atoms with Gasteiger partial charge < -0.3 is 19.3 Å². The highest BCUT2D eigenvalue weighted by molar-refractivity contribution is 5.77. The Hall–Kier alpha value is -4.36. The zero-order chi connectivity index (χ0) is 29.4. The van der Waals surface area contributed by atoms with E-state index in [1.165, 1.54) is 19.8 Å². The van der Waals surface area contributed by atoms with E-state index < -0.39 is 30.5 Å². The number of hydrogen-bond acceptors (Lipinski definition) is 11. The lowest BCUT2D eigenvalue weighted by atomic mass is 9.92. The summed E-state index contributed by atoms with van der Waals surface area (Å²) >= 11 is 0. The Morgan fingerprint density at radius 1 is 1.05 bits per heavy atom. The molecule has 1 aliphatic heterocycles. The van der Waals surface area contributed by atoms with Crippen LogP contribution in [0.1, 0.15) is 53.7 Å². The monoisotopic (exact) mass is 578 g/mol. The summed E-state index contributed by atoms with van der Waals surface area (Å²) in [5, 5.41) is 7.34. The van der Waals surface area contributed by atoms with Gasteiger partial charge in [-0.25, -0.2) is 24.3 Å². The highest BCUT2D eigenvalue weighted by Crippen LogP contribution is 2.32. The maximum absolute atomic E-state index is 12.4. The number of rotatable bonds is 11. The van der Waals surface area contributed by atoms with Crippen LogP contribution in [0, 0.1) is 0 Å². The summed E-state index contributed by atoms with van der Waals surface area (Å²) < 4.78 is 53.2. The number of ether oxygens (including phenoxy) is 2. The van der Waals surface area contributed by atoms with Gasteiger partial charge >= 0.3 is 18.1 Å². The maximum Gasteiger partial charge on any atom is 0.495 e. The number of aryl methyl sites for hydroxylation is 3. The number of nitrogens with one attached hydrogen (secondary N) is 1. The lowest BCUT2D eigenvalue weighted by Gasteiger charge is -2.17. The van der Waals surface area contributed by atoms with Crippen molar-refractivity contribution in [2.45, 2.75) is 57.0 Å². The van der Waals surface area contributed by atoms with Gasteiger partial charge in [0.2, 0.25) is 5.89 Å². The van der Waals surface area contributed by atoms with Crippen molar-refractivity contribution >= 4 is 17.8 Å². The van der Waals surface area contributed by atoms with E-state index in [9.17, 15) is 22.8 Å². The Morgan fingerprint density at radius 2 is 1.80 bits per heavy atom. The van der Waals surface area contributed by atoms with Gasteiger partial charge in [-0.15, -0.1) is 0 Å². The molecular weight excluding hydrogens is 549 g/mol. The molecule has 0 fully saturated rings. The van der Waals surface area contributed by atoms with Gasteiger partial charge in [0, 0.05) is 37.1 Å². The number of alkyl halides is 3. The van der Waals surface area contributed by atoms with Crippen LogP contribution in [0.2, 0.25) is 0 Å². The van der Waals surface area contributed by atoms with Crippen molar-refractivity contribution in [1.82, 2.24) is 15.1 Å². The molecule has 0 saturated heterocycles. The summed E-state index contributed by atoms with van der Waals surface area (Å²) in [5.74, 6) is -2.16. The molecule has 220 valence electrons. The van der Waals surface area contributed by atoms with Crippen molar-refractivity contribution in [3.05, 3.63) is 58.9 Å². The molecule has 1 aromatic carbocycles. The van der Waals surface area contributed by atoms with Crippen molar-refractivity contribution < 1.29 is 46.5 Å². The number of benzene rings is 1. The average Bonchev–Trinajstić information content (AvgIpc) is 3.41. The van der Waals surface area contributed by atoms with E-state index in [-0.39, 0.29) is 12.3 Å². The van der Waals surface area contributed by atoms with E-state index in [0.717, 1.165) is 37.3 Å². The number of fused-ring (bicyclic) bond motifs is 1. The first-order valence-corrected chi connectivity index (χ1v) is 12.9. The van der Waals surface area contributed by atoms with Crippen molar-refractivity contribution in [3.8, 4) is 11.5 Å². The molecule has 3 heterocycles. The van der Waals surface area contributed by atoms with E-state index in [0.29, 0.717) is 35.7 Å². The van der Waals surface area contributed by atoms with Crippen molar-refractivity contribution in [2.75, 3.05) is 26.1 Å². The van der Waals surface area contributed by atoms with Gasteiger partial charge in [-0.1, -0.05) is 11.2 Å². The van der Waals surface area contributed by atoms with Crippen LogP contribution < -0.4 is 14.8 Å². The molecule has 0 saturated carbocycles. The third kappa shape index (κ3) is 8.32. The Morgan fingerprint density at radius 3 is 2.51 bits per heavy atom. The minimum Gasteiger partial charge on any atom is -0.497 e. The van der Waals surface area contributed by atoms with Gasteiger partial charge in [0.15, 0.2) is 5.82 Å². The normalized spacial score (nSPS) is 13.5. The second-order valence-electron chi connectivity index (χ2n) is 9.37. The topological polar surface area (TPSA) is 135 Å². The molecule has 0 bridgehead atoms. The molecule has 14 heteroatoms. The minimum absolute atomic E-state index is 0.0314. The molecule has 41 heavy (non-hydrogen) atoms. The Kier molecular flexibility index (Phi) is 9.63. The standard InChI is InChI=1S/C27H29F3N4O7/c1-37-20-11-17(12-21(15-20)38-2)18(14-24(35)40-41-26(36)27(28,29)30)13-23-33-22(34-39-23)7-3-6-19-9-8-16-5-4-10-31-25(16)32-19/h8-9,11-12,15,18H,3-7,10,13-14H2,1-2H3,(H,31,32). The zero-order valence-electron chi connectivity index (χ0n) is 22.5. The largest absolute Gasteiger partial charge is 0.497 e. The van der Waals surface area contributed by atoms with Crippen LogP contribution in [-0.4, -0.2) is 54.0 Å². The highest BCUT2D eigenvalue weighted by atomic mass is 19.4. The van der Waals surface area contributed by atoms with Crippen molar-refractivity contribution in [3.63, 3.8) is 0 Å². The summed E-state index contributed by atoms with van der Waals surface area (Å²) in [6.45, 7) is 0.912. The molecule has 2 aromatic heterocycles. The Balaban J connectivity index is 1.41. The van der Waals surface area contributed by atoms with Crippen molar-refractivity contribution in [1.29, 1.82) is 0 Å². The van der Waals surface area contributed by atoms with E-state index >= 15 is 0 Å². The molecular formula is C27H29F3N4O7. The zero-order valence-corrected chi connectivity index (χ0v) is 22.5. The Bertz CT molecular complexity index is 1340. The van der Waals surface area contributed by atoms with Gasteiger partial charge in [0.25, 0.3) is 0 Å².